The van der Waals surface area contributed by atoms with Crippen molar-refractivity contribution >= 4 is 0 Å². The molecule has 0 radical (unpaired) electrons. The molecule has 0 aromatic heterocycles. The number of benzene rings is 1. The number of ether oxygens (including phenoxy) is 1. The van der Waals surface area contributed by atoms with Crippen molar-refractivity contribution < 1.29 is 4.74 Å². The molecule has 0 bridgehead atoms. The predicted molar refractivity (Wildman–Crippen MR) is 101 cm³/mol. The fraction of sp³-hybridized carbons (Fsp3) is 0.545. The minimum Gasteiger partial charge on any atom is -0.374 e. The molecule has 1 aromatic rings. The van der Waals surface area contributed by atoms with Crippen LogP contribution in [0, 0.1) is 11.3 Å². The van der Waals surface area contributed by atoms with Gasteiger partial charge in [0, 0.05) is 19.1 Å². The van der Waals surface area contributed by atoms with E-state index in [2.05, 4.69) is 73.8 Å². The maximum atomic E-state index is 6.47. The number of allylic oxidation sites excluding steroid dienone is 3. The van der Waals surface area contributed by atoms with Crippen molar-refractivity contribution in [1.29, 1.82) is 0 Å². The molecule has 1 N–H and O–H groups in total. The minimum absolute atomic E-state index is 0.0211. The normalized spacial score (nSPS) is 28.8. The van der Waals surface area contributed by atoms with Crippen molar-refractivity contribution in [2.45, 2.75) is 51.7 Å². The summed E-state index contributed by atoms with van der Waals surface area (Å²) in [7, 11) is 0. The molecule has 2 aliphatic rings. The molecule has 1 aromatic carbocycles. The molecule has 2 heteroatoms. The zero-order valence-electron chi connectivity index (χ0n) is 15.1. The average molecular weight is 325 g/mol. The van der Waals surface area contributed by atoms with Gasteiger partial charge in [-0.25, -0.2) is 0 Å². The lowest BCUT2D eigenvalue weighted by molar-refractivity contribution is -0.128. The van der Waals surface area contributed by atoms with Crippen LogP contribution in [0.5, 0.6) is 0 Å². The molecule has 1 saturated heterocycles. The highest BCUT2D eigenvalue weighted by Crippen LogP contribution is 2.47. The maximum absolute atomic E-state index is 6.47. The highest BCUT2D eigenvalue weighted by molar-refractivity contribution is 5.22. The first-order valence-corrected chi connectivity index (χ1v) is 9.37. The highest BCUT2D eigenvalue weighted by atomic mass is 16.5. The SMILES string of the molecule is CC1(C)C=CC=CC1C1(CCNCc2ccccc2)CCCCO1. The van der Waals surface area contributed by atoms with E-state index in [1.807, 2.05) is 0 Å². The van der Waals surface area contributed by atoms with Crippen molar-refractivity contribution in [3.8, 4) is 0 Å². The first kappa shape index (κ1) is 17.4. The molecule has 24 heavy (non-hydrogen) atoms. The largest absolute Gasteiger partial charge is 0.374 e. The van der Waals surface area contributed by atoms with Crippen LogP contribution in [0.4, 0.5) is 0 Å². The Morgan fingerprint density at radius 3 is 2.67 bits per heavy atom. The van der Waals surface area contributed by atoms with Crippen molar-refractivity contribution in [2.75, 3.05) is 13.2 Å². The molecule has 130 valence electrons. The fourth-order valence-electron chi connectivity index (χ4n) is 4.28. The molecule has 0 amide bonds. The van der Waals surface area contributed by atoms with Crippen molar-refractivity contribution in [2.24, 2.45) is 11.3 Å². The van der Waals surface area contributed by atoms with Gasteiger partial charge in [0.2, 0.25) is 0 Å². The molecular formula is C22H31NO. The van der Waals surface area contributed by atoms with Crippen molar-refractivity contribution in [1.82, 2.24) is 5.32 Å². The molecule has 3 rings (SSSR count). The van der Waals surface area contributed by atoms with E-state index in [0.29, 0.717) is 5.92 Å². The molecule has 2 unspecified atom stereocenters. The Kier molecular flexibility index (Phi) is 5.57. The van der Waals surface area contributed by atoms with Gasteiger partial charge in [0.1, 0.15) is 0 Å². The first-order valence-electron chi connectivity index (χ1n) is 9.37. The second-order valence-electron chi connectivity index (χ2n) is 7.83. The molecule has 2 atom stereocenters. The second kappa shape index (κ2) is 7.67. The predicted octanol–water partition coefficient (Wildman–Crippen LogP) is 4.87. The summed E-state index contributed by atoms with van der Waals surface area (Å²) in [6.45, 7) is 7.52. The summed E-state index contributed by atoms with van der Waals surface area (Å²) in [6, 6.07) is 10.6. The third-order valence-electron chi connectivity index (χ3n) is 5.59. The lowest BCUT2D eigenvalue weighted by atomic mass is 9.64. The molecule has 1 fully saturated rings. The van der Waals surface area contributed by atoms with Crippen LogP contribution in [0.15, 0.2) is 54.6 Å². The standard InChI is InChI=1S/C22H31NO/c1-21(2)13-7-6-12-20(21)22(14-8-9-17-24-22)15-16-23-18-19-10-4-3-5-11-19/h3-7,10-13,20,23H,8-9,14-18H2,1-2H3. The van der Waals surface area contributed by atoms with E-state index in [9.17, 15) is 0 Å². The van der Waals surface area contributed by atoms with E-state index >= 15 is 0 Å². The van der Waals surface area contributed by atoms with Crippen molar-refractivity contribution in [3.05, 3.63) is 60.2 Å². The van der Waals surface area contributed by atoms with Gasteiger partial charge in [0.15, 0.2) is 0 Å². The Morgan fingerprint density at radius 2 is 1.96 bits per heavy atom. The van der Waals surface area contributed by atoms with Crippen LogP contribution in [0.2, 0.25) is 0 Å². The lowest BCUT2D eigenvalue weighted by Crippen LogP contribution is -2.50. The molecule has 2 nitrogen and oxygen atoms in total. The van der Waals surface area contributed by atoms with Gasteiger partial charge in [-0.1, -0.05) is 68.5 Å². The van der Waals surface area contributed by atoms with Gasteiger partial charge in [-0.15, -0.1) is 0 Å². The topological polar surface area (TPSA) is 21.3 Å². The van der Waals surface area contributed by atoms with E-state index in [1.54, 1.807) is 0 Å². The van der Waals surface area contributed by atoms with Gasteiger partial charge < -0.3 is 10.1 Å². The Morgan fingerprint density at radius 1 is 1.12 bits per heavy atom. The maximum Gasteiger partial charge on any atom is 0.0765 e. The minimum atomic E-state index is -0.0211. The average Bonchev–Trinajstić information content (AvgIpc) is 2.60. The van der Waals surface area contributed by atoms with E-state index in [0.717, 1.165) is 26.1 Å². The number of nitrogens with one attached hydrogen (secondary N) is 1. The van der Waals surface area contributed by atoms with Gasteiger partial charge in [-0.3, -0.25) is 0 Å². The third kappa shape index (κ3) is 3.99. The monoisotopic (exact) mass is 325 g/mol. The van der Waals surface area contributed by atoms with E-state index in [1.165, 1.54) is 24.8 Å². The van der Waals surface area contributed by atoms with Crippen LogP contribution in [0.3, 0.4) is 0 Å². The van der Waals surface area contributed by atoms with Crippen LogP contribution < -0.4 is 5.32 Å². The first-order chi connectivity index (χ1) is 11.6. The zero-order chi connectivity index (χ0) is 16.9. The van der Waals surface area contributed by atoms with Crippen LogP contribution in [0.25, 0.3) is 0 Å². The third-order valence-corrected chi connectivity index (χ3v) is 5.59. The lowest BCUT2D eigenvalue weighted by Gasteiger charge is -2.49. The highest BCUT2D eigenvalue weighted by Gasteiger charge is 2.46. The van der Waals surface area contributed by atoms with E-state index in [-0.39, 0.29) is 11.0 Å². The summed E-state index contributed by atoms with van der Waals surface area (Å²) < 4.78 is 6.47. The summed E-state index contributed by atoms with van der Waals surface area (Å²) in [5.74, 6) is 0.453. The van der Waals surface area contributed by atoms with Gasteiger partial charge in [-0.2, -0.15) is 0 Å². The van der Waals surface area contributed by atoms with Gasteiger partial charge >= 0.3 is 0 Å². The zero-order valence-corrected chi connectivity index (χ0v) is 15.1. The summed E-state index contributed by atoms with van der Waals surface area (Å²) in [4.78, 5) is 0. The molecule has 0 spiro atoms. The summed E-state index contributed by atoms with van der Waals surface area (Å²) in [6.07, 6.45) is 13.8. The van der Waals surface area contributed by atoms with Gasteiger partial charge in [0.25, 0.3) is 0 Å². The van der Waals surface area contributed by atoms with Crippen LogP contribution >= 0.6 is 0 Å². The molecule has 1 aliphatic carbocycles. The van der Waals surface area contributed by atoms with Crippen molar-refractivity contribution in [3.63, 3.8) is 0 Å². The Bertz CT molecular complexity index is 567. The van der Waals surface area contributed by atoms with Crippen LogP contribution in [0.1, 0.15) is 45.1 Å². The summed E-state index contributed by atoms with van der Waals surface area (Å²) in [5, 5.41) is 3.62. The smallest absolute Gasteiger partial charge is 0.0765 e. The second-order valence-corrected chi connectivity index (χ2v) is 7.83. The molecule has 0 saturated carbocycles. The Labute approximate surface area is 147 Å². The summed E-state index contributed by atoms with van der Waals surface area (Å²) >= 11 is 0. The number of hydrogen-bond donors (Lipinski definition) is 1. The number of hydrogen-bond acceptors (Lipinski definition) is 2. The molecule has 1 heterocycles. The number of rotatable bonds is 6. The molecular weight excluding hydrogens is 294 g/mol. The quantitative estimate of drug-likeness (QED) is 0.753. The van der Waals surface area contributed by atoms with Crippen LogP contribution in [-0.4, -0.2) is 18.8 Å². The van der Waals surface area contributed by atoms with E-state index < -0.39 is 0 Å². The fourth-order valence-corrected chi connectivity index (χ4v) is 4.28. The molecule has 1 aliphatic heterocycles. The van der Waals surface area contributed by atoms with Crippen LogP contribution in [-0.2, 0) is 11.3 Å². The van der Waals surface area contributed by atoms with Gasteiger partial charge in [-0.05, 0) is 43.2 Å². The Hall–Kier alpha value is -1.38. The van der Waals surface area contributed by atoms with Gasteiger partial charge in [0.05, 0.1) is 5.60 Å². The summed E-state index contributed by atoms with van der Waals surface area (Å²) in [5.41, 5.74) is 1.48. The Balaban J connectivity index is 1.63. The van der Waals surface area contributed by atoms with E-state index in [4.69, 9.17) is 4.74 Å².